The minimum Gasteiger partial charge on any atom is -0.371 e. The van der Waals surface area contributed by atoms with E-state index >= 15 is 0 Å². The first kappa shape index (κ1) is 16.5. The van der Waals surface area contributed by atoms with Gasteiger partial charge in [0.05, 0.1) is 36.4 Å². The monoisotopic (exact) mass is 344 g/mol. The Morgan fingerprint density at radius 3 is 2.91 bits per heavy atom. The molecule has 0 bridgehead atoms. The molecule has 0 amide bonds. The van der Waals surface area contributed by atoms with Gasteiger partial charge >= 0.3 is 0 Å². The van der Waals surface area contributed by atoms with Crippen molar-refractivity contribution in [3.05, 3.63) is 18.2 Å². The summed E-state index contributed by atoms with van der Waals surface area (Å²) >= 11 is 0. The van der Waals surface area contributed by atoms with Crippen LogP contribution in [0.4, 0.5) is 10.3 Å². The van der Waals surface area contributed by atoms with E-state index < -0.39 is 21.4 Å². The Hall–Kier alpha value is -1.32. The van der Waals surface area contributed by atoms with Crippen LogP contribution in [-0.4, -0.2) is 59.8 Å². The predicted octanol–water partition coefficient (Wildman–Crippen LogP) is 1.00. The van der Waals surface area contributed by atoms with Crippen LogP contribution in [0, 0.1) is 5.82 Å². The summed E-state index contributed by atoms with van der Waals surface area (Å²) in [6.45, 7) is 3.06. The summed E-state index contributed by atoms with van der Waals surface area (Å²) in [5.41, 5.74) is -0.446. The van der Waals surface area contributed by atoms with Crippen LogP contribution >= 0.6 is 0 Å². The highest BCUT2D eigenvalue weighted by Gasteiger charge is 2.45. The molecule has 0 aliphatic carbocycles. The average Bonchev–Trinajstić information content (AvgIpc) is 2.92. The van der Waals surface area contributed by atoms with Crippen molar-refractivity contribution < 1.29 is 17.5 Å². The van der Waals surface area contributed by atoms with Crippen LogP contribution in [0.3, 0.4) is 0 Å². The highest BCUT2D eigenvalue weighted by Crippen LogP contribution is 2.36. The van der Waals surface area contributed by atoms with Crippen molar-refractivity contribution in [1.29, 1.82) is 0 Å². The number of sulfonamides is 1. The van der Waals surface area contributed by atoms with Gasteiger partial charge in [-0.2, -0.15) is 4.31 Å². The van der Waals surface area contributed by atoms with E-state index in [1.165, 1.54) is 4.31 Å². The van der Waals surface area contributed by atoms with Crippen LogP contribution in [0.1, 0.15) is 26.2 Å². The second kappa shape index (κ2) is 6.29. The van der Waals surface area contributed by atoms with Gasteiger partial charge in [-0.1, -0.05) is 0 Å². The number of aromatic nitrogens is 2. The summed E-state index contributed by atoms with van der Waals surface area (Å²) in [4.78, 5) is 7.77. The number of rotatable bonds is 4. The molecule has 2 atom stereocenters. The summed E-state index contributed by atoms with van der Waals surface area (Å²) in [6, 6.07) is -0.00950. The van der Waals surface area contributed by atoms with Crippen LogP contribution in [0.15, 0.2) is 12.4 Å². The minimum atomic E-state index is -3.20. The lowest BCUT2D eigenvalue weighted by Crippen LogP contribution is -2.50. The Labute approximate surface area is 135 Å². The molecule has 1 aromatic rings. The van der Waals surface area contributed by atoms with Crippen molar-refractivity contribution in [1.82, 2.24) is 14.3 Å². The molecule has 2 aliphatic rings. The number of piperidine rings is 1. The van der Waals surface area contributed by atoms with Gasteiger partial charge in [0, 0.05) is 19.5 Å². The molecular formula is C14H21FN4O3S. The maximum absolute atomic E-state index is 12.8. The fourth-order valence-corrected chi connectivity index (χ4v) is 4.47. The molecule has 2 fully saturated rings. The number of nitrogens with one attached hydrogen (secondary N) is 1. The molecule has 7 nitrogen and oxygen atoms in total. The number of halogens is 1. The summed E-state index contributed by atoms with van der Waals surface area (Å²) in [7, 11) is -3.20. The average molecular weight is 344 g/mol. The van der Waals surface area contributed by atoms with Crippen LogP contribution in [0.25, 0.3) is 0 Å². The SMILES string of the molecule is CCS(=O)(=O)N1CCC[C@@]2(C[C@@H](Nc3ncc(F)cn3)CO2)C1. The first-order chi connectivity index (χ1) is 10.9. The molecule has 0 unspecified atom stereocenters. The number of hydrogen-bond donors (Lipinski definition) is 1. The molecule has 2 saturated heterocycles. The van der Waals surface area contributed by atoms with Crippen LogP contribution in [0.5, 0.6) is 0 Å². The molecule has 23 heavy (non-hydrogen) atoms. The fraction of sp³-hybridized carbons (Fsp3) is 0.714. The lowest BCUT2D eigenvalue weighted by Gasteiger charge is -2.38. The molecule has 0 aromatic carbocycles. The zero-order chi connectivity index (χ0) is 16.5. The van der Waals surface area contributed by atoms with Gasteiger partial charge in [0.25, 0.3) is 0 Å². The second-order valence-electron chi connectivity index (χ2n) is 6.10. The molecular weight excluding hydrogens is 323 g/mol. The van der Waals surface area contributed by atoms with Gasteiger partial charge in [-0.05, 0) is 19.8 Å². The summed E-state index contributed by atoms with van der Waals surface area (Å²) in [5, 5.41) is 3.13. The van der Waals surface area contributed by atoms with Gasteiger partial charge in [0.2, 0.25) is 16.0 Å². The molecule has 0 radical (unpaired) electrons. The van der Waals surface area contributed by atoms with Gasteiger partial charge in [0.1, 0.15) is 0 Å². The Morgan fingerprint density at radius 2 is 2.22 bits per heavy atom. The topological polar surface area (TPSA) is 84.4 Å². The molecule has 128 valence electrons. The predicted molar refractivity (Wildman–Crippen MR) is 83.0 cm³/mol. The zero-order valence-electron chi connectivity index (χ0n) is 13.0. The molecule has 1 N–H and O–H groups in total. The summed E-state index contributed by atoms with van der Waals surface area (Å²) in [6.07, 6.45) is 4.53. The quantitative estimate of drug-likeness (QED) is 0.877. The standard InChI is InChI=1S/C14H21FN4O3S/c1-2-23(20,21)19-5-3-4-14(10-19)6-12(9-22-14)18-13-16-7-11(15)8-17-13/h7-8,12H,2-6,9-10H2,1H3,(H,16,17,18)/t12-,14-/m1/s1. The largest absolute Gasteiger partial charge is 0.371 e. The van der Waals surface area contributed by atoms with Crippen molar-refractivity contribution in [2.75, 3.05) is 30.8 Å². The van der Waals surface area contributed by atoms with Gasteiger partial charge in [-0.15, -0.1) is 0 Å². The highest BCUT2D eigenvalue weighted by atomic mass is 32.2. The van der Waals surface area contributed by atoms with Gasteiger partial charge in [-0.3, -0.25) is 0 Å². The second-order valence-corrected chi connectivity index (χ2v) is 8.36. The fourth-order valence-electron chi connectivity index (χ4n) is 3.27. The molecule has 2 aliphatic heterocycles. The third-order valence-corrected chi connectivity index (χ3v) is 6.25. The van der Waals surface area contributed by atoms with E-state index in [-0.39, 0.29) is 11.8 Å². The van der Waals surface area contributed by atoms with E-state index in [0.717, 1.165) is 25.2 Å². The number of nitrogens with zero attached hydrogens (tertiary/aromatic N) is 3. The van der Waals surface area contributed by atoms with Crippen molar-refractivity contribution in [2.45, 2.75) is 37.8 Å². The van der Waals surface area contributed by atoms with Crippen molar-refractivity contribution in [3.63, 3.8) is 0 Å². The van der Waals surface area contributed by atoms with Gasteiger partial charge in [0.15, 0.2) is 5.82 Å². The van der Waals surface area contributed by atoms with E-state index in [1.807, 2.05) is 0 Å². The normalized spacial score (nSPS) is 29.0. The lowest BCUT2D eigenvalue weighted by molar-refractivity contribution is -0.0329. The Bertz CT molecular complexity index is 654. The third-order valence-electron chi connectivity index (χ3n) is 4.43. The maximum atomic E-state index is 12.8. The van der Waals surface area contributed by atoms with Crippen molar-refractivity contribution in [2.24, 2.45) is 0 Å². The number of anilines is 1. The molecule has 3 rings (SSSR count). The van der Waals surface area contributed by atoms with Gasteiger partial charge < -0.3 is 10.1 Å². The minimum absolute atomic E-state index is 0.00950. The smallest absolute Gasteiger partial charge is 0.223 e. The number of ether oxygens (including phenoxy) is 1. The summed E-state index contributed by atoms with van der Waals surface area (Å²) in [5.74, 6) is -0.0259. The van der Waals surface area contributed by atoms with Crippen molar-refractivity contribution >= 4 is 16.0 Å². The lowest BCUT2D eigenvalue weighted by atomic mass is 9.90. The third kappa shape index (κ3) is 3.61. The Balaban J connectivity index is 1.65. The molecule has 1 aromatic heterocycles. The Morgan fingerprint density at radius 1 is 1.48 bits per heavy atom. The van der Waals surface area contributed by atoms with E-state index in [9.17, 15) is 12.8 Å². The first-order valence-corrected chi connectivity index (χ1v) is 9.39. The van der Waals surface area contributed by atoms with E-state index in [1.54, 1.807) is 6.92 Å². The maximum Gasteiger partial charge on any atom is 0.223 e. The van der Waals surface area contributed by atoms with Crippen LogP contribution in [-0.2, 0) is 14.8 Å². The van der Waals surface area contributed by atoms with Crippen LogP contribution in [0.2, 0.25) is 0 Å². The number of hydrogen-bond acceptors (Lipinski definition) is 6. The molecule has 9 heteroatoms. The first-order valence-electron chi connectivity index (χ1n) is 7.78. The molecule has 0 saturated carbocycles. The van der Waals surface area contributed by atoms with E-state index in [2.05, 4.69) is 15.3 Å². The zero-order valence-corrected chi connectivity index (χ0v) is 13.9. The van der Waals surface area contributed by atoms with Crippen molar-refractivity contribution in [3.8, 4) is 0 Å². The van der Waals surface area contributed by atoms with Gasteiger partial charge in [-0.25, -0.2) is 22.8 Å². The van der Waals surface area contributed by atoms with E-state index in [4.69, 9.17) is 4.74 Å². The summed E-state index contributed by atoms with van der Waals surface area (Å²) < 4.78 is 44.5. The highest BCUT2D eigenvalue weighted by molar-refractivity contribution is 7.89. The molecule has 1 spiro atoms. The van der Waals surface area contributed by atoms with E-state index in [0.29, 0.717) is 32.1 Å². The van der Waals surface area contributed by atoms with Crippen LogP contribution < -0.4 is 5.32 Å². The Kier molecular flexibility index (Phi) is 4.52. The molecule has 3 heterocycles.